The van der Waals surface area contributed by atoms with Crippen LogP contribution in [0.4, 0.5) is 0 Å². The molecular weight excluding hydrogens is 434 g/mol. The van der Waals surface area contributed by atoms with E-state index in [1.54, 1.807) is 4.90 Å². The molecule has 2 aromatic carbocycles. The first kappa shape index (κ1) is 21.6. The number of sulfone groups is 1. The summed E-state index contributed by atoms with van der Waals surface area (Å²) in [6, 6.07) is 14.0. The number of fused-ring (bicyclic) bond motifs is 1. The van der Waals surface area contributed by atoms with Crippen molar-refractivity contribution in [1.29, 1.82) is 0 Å². The number of hydrogen-bond donors (Lipinski definition) is 1. The van der Waals surface area contributed by atoms with Crippen LogP contribution in [0.2, 0.25) is 0 Å². The molecule has 2 heterocycles. The SMILES string of the molecule is CCN(C(=O)CSc1nnc(Cc2cccc3ccccc23)n1N)[C@H]1CCS(=O)(=O)C1. The van der Waals surface area contributed by atoms with Crippen molar-refractivity contribution in [3.8, 4) is 0 Å². The Balaban J connectivity index is 1.43. The maximum atomic E-state index is 12.7. The lowest BCUT2D eigenvalue weighted by molar-refractivity contribution is -0.129. The molecule has 3 aromatic rings. The summed E-state index contributed by atoms with van der Waals surface area (Å²) in [7, 11) is -3.05. The highest BCUT2D eigenvalue weighted by Gasteiger charge is 2.33. The zero-order valence-corrected chi connectivity index (χ0v) is 18.9. The molecular formula is C21H25N5O3S2. The van der Waals surface area contributed by atoms with Gasteiger partial charge in [0.05, 0.1) is 17.3 Å². The highest BCUT2D eigenvalue weighted by Crippen LogP contribution is 2.23. The third kappa shape index (κ3) is 4.69. The minimum atomic E-state index is -3.05. The molecule has 10 heteroatoms. The van der Waals surface area contributed by atoms with E-state index in [1.165, 1.54) is 16.4 Å². The molecule has 2 N–H and O–H groups in total. The highest BCUT2D eigenvalue weighted by molar-refractivity contribution is 7.99. The molecule has 0 unspecified atom stereocenters. The van der Waals surface area contributed by atoms with Crippen LogP contribution >= 0.6 is 11.8 Å². The molecule has 1 aliphatic rings. The maximum Gasteiger partial charge on any atom is 0.233 e. The monoisotopic (exact) mass is 459 g/mol. The van der Waals surface area contributed by atoms with Crippen molar-refractivity contribution in [2.24, 2.45) is 0 Å². The summed E-state index contributed by atoms with van der Waals surface area (Å²) >= 11 is 1.22. The Bertz CT molecular complexity index is 1200. The molecule has 1 aromatic heterocycles. The van der Waals surface area contributed by atoms with E-state index in [0.29, 0.717) is 30.4 Å². The summed E-state index contributed by atoms with van der Waals surface area (Å²) in [5.41, 5.74) is 1.10. The predicted octanol–water partition coefficient (Wildman–Crippen LogP) is 1.86. The molecule has 31 heavy (non-hydrogen) atoms. The van der Waals surface area contributed by atoms with Gasteiger partial charge in [-0.3, -0.25) is 4.79 Å². The molecule has 0 saturated carbocycles. The Morgan fingerprint density at radius 2 is 2.00 bits per heavy atom. The number of thioether (sulfide) groups is 1. The highest BCUT2D eigenvalue weighted by atomic mass is 32.2. The summed E-state index contributed by atoms with van der Waals surface area (Å²) in [6.45, 7) is 2.34. The van der Waals surface area contributed by atoms with Crippen molar-refractivity contribution in [1.82, 2.24) is 19.8 Å². The van der Waals surface area contributed by atoms with Crippen LogP contribution in [0.25, 0.3) is 10.8 Å². The van der Waals surface area contributed by atoms with Gasteiger partial charge in [-0.15, -0.1) is 10.2 Å². The number of nitrogens with two attached hydrogens (primary N) is 1. The first-order valence-corrected chi connectivity index (χ1v) is 13.0. The molecule has 1 aliphatic heterocycles. The molecule has 1 atom stereocenters. The fraction of sp³-hybridized carbons (Fsp3) is 0.381. The first-order chi connectivity index (χ1) is 14.9. The second-order valence-electron chi connectivity index (χ2n) is 7.61. The Hall–Kier alpha value is -2.59. The fourth-order valence-electron chi connectivity index (χ4n) is 4.01. The quantitative estimate of drug-likeness (QED) is 0.424. The molecule has 8 nitrogen and oxygen atoms in total. The molecule has 0 bridgehead atoms. The minimum absolute atomic E-state index is 0.0412. The molecule has 0 radical (unpaired) electrons. The van der Waals surface area contributed by atoms with E-state index < -0.39 is 9.84 Å². The largest absolute Gasteiger partial charge is 0.338 e. The number of carbonyl (C=O) groups excluding carboxylic acids is 1. The van der Waals surface area contributed by atoms with Crippen molar-refractivity contribution in [2.75, 3.05) is 29.6 Å². The number of nitrogen functional groups attached to an aromatic ring is 1. The fourth-order valence-corrected chi connectivity index (χ4v) is 6.50. The van der Waals surface area contributed by atoms with Crippen LogP contribution in [0.1, 0.15) is 24.7 Å². The number of aromatic nitrogens is 3. The van der Waals surface area contributed by atoms with E-state index in [9.17, 15) is 13.2 Å². The average molecular weight is 460 g/mol. The minimum Gasteiger partial charge on any atom is -0.338 e. The van der Waals surface area contributed by atoms with Gasteiger partial charge in [-0.05, 0) is 29.7 Å². The molecule has 1 saturated heterocycles. The second-order valence-corrected chi connectivity index (χ2v) is 10.8. The summed E-state index contributed by atoms with van der Waals surface area (Å²) in [4.78, 5) is 14.4. The van der Waals surface area contributed by atoms with Crippen molar-refractivity contribution < 1.29 is 13.2 Å². The zero-order valence-electron chi connectivity index (χ0n) is 17.3. The van der Waals surface area contributed by atoms with E-state index >= 15 is 0 Å². The van der Waals surface area contributed by atoms with Crippen molar-refractivity contribution in [3.63, 3.8) is 0 Å². The summed E-state index contributed by atoms with van der Waals surface area (Å²) < 4.78 is 24.9. The van der Waals surface area contributed by atoms with E-state index in [4.69, 9.17) is 5.84 Å². The van der Waals surface area contributed by atoms with Crippen molar-refractivity contribution >= 4 is 38.3 Å². The number of hydrogen-bond acceptors (Lipinski definition) is 7. The van der Waals surface area contributed by atoms with Gasteiger partial charge in [0.1, 0.15) is 0 Å². The molecule has 4 rings (SSSR count). The van der Waals surface area contributed by atoms with E-state index in [0.717, 1.165) is 16.3 Å². The van der Waals surface area contributed by atoms with Crippen LogP contribution < -0.4 is 5.84 Å². The van der Waals surface area contributed by atoms with Crippen LogP contribution in [-0.2, 0) is 21.1 Å². The van der Waals surface area contributed by atoms with Gasteiger partial charge in [-0.1, -0.05) is 54.2 Å². The van der Waals surface area contributed by atoms with E-state index in [2.05, 4.69) is 28.4 Å². The van der Waals surface area contributed by atoms with Gasteiger partial charge in [-0.2, -0.15) is 0 Å². The van der Waals surface area contributed by atoms with Crippen molar-refractivity contribution in [3.05, 3.63) is 53.9 Å². The third-order valence-electron chi connectivity index (χ3n) is 5.60. The van der Waals surface area contributed by atoms with Gasteiger partial charge in [0, 0.05) is 19.0 Å². The molecule has 0 spiro atoms. The Labute approximate surface area is 185 Å². The summed E-state index contributed by atoms with van der Waals surface area (Å²) in [6.07, 6.45) is 1.02. The number of benzene rings is 2. The predicted molar refractivity (Wildman–Crippen MR) is 122 cm³/mol. The smallest absolute Gasteiger partial charge is 0.233 e. The van der Waals surface area contributed by atoms with Crippen LogP contribution in [0.15, 0.2) is 47.6 Å². The Morgan fingerprint density at radius 1 is 1.23 bits per heavy atom. The normalized spacial score (nSPS) is 17.8. The summed E-state index contributed by atoms with van der Waals surface area (Å²) in [5, 5.41) is 11.1. The first-order valence-electron chi connectivity index (χ1n) is 10.2. The van der Waals surface area contributed by atoms with Gasteiger partial charge in [0.25, 0.3) is 0 Å². The summed E-state index contributed by atoms with van der Waals surface area (Å²) in [5.74, 6) is 7.02. The van der Waals surface area contributed by atoms with Crippen LogP contribution in [-0.4, -0.2) is 63.9 Å². The lowest BCUT2D eigenvalue weighted by atomic mass is 10.0. The third-order valence-corrected chi connectivity index (χ3v) is 8.28. The molecule has 164 valence electrons. The standard InChI is InChI=1S/C21H25N5O3S2/c1-2-25(17-10-11-31(28,29)14-17)20(27)13-30-21-24-23-19(26(21)22)12-16-8-5-7-15-6-3-4-9-18(15)16/h3-9,17H,2,10-14,22H2,1H3/t17-/m0/s1. The van der Waals surface area contributed by atoms with E-state index in [1.807, 2.05) is 31.2 Å². The lowest BCUT2D eigenvalue weighted by Crippen LogP contribution is -2.42. The number of rotatable bonds is 7. The van der Waals surface area contributed by atoms with Gasteiger partial charge in [0.2, 0.25) is 11.1 Å². The topological polar surface area (TPSA) is 111 Å². The molecule has 1 amide bonds. The lowest BCUT2D eigenvalue weighted by Gasteiger charge is -2.26. The van der Waals surface area contributed by atoms with Gasteiger partial charge in [-0.25, -0.2) is 13.1 Å². The molecule has 0 aliphatic carbocycles. The Morgan fingerprint density at radius 3 is 2.74 bits per heavy atom. The number of carbonyl (C=O) groups is 1. The average Bonchev–Trinajstić information content (AvgIpc) is 3.29. The van der Waals surface area contributed by atoms with E-state index in [-0.39, 0.29) is 29.2 Å². The van der Waals surface area contributed by atoms with Crippen molar-refractivity contribution in [2.45, 2.75) is 31.0 Å². The van der Waals surface area contributed by atoms with Gasteiger partial charge < -0.3 is 10.7 Å². The van der Waals surface area contributed by atoms with Gasteiger partial charge >= 0.3 is 0 Å². The van der Waals surface area contributed by atoms with Crippen LogP contribution in [0.3, 0.4) is 0 Å². The molecule has 1 fully saturated rings. The number of amides is 1. The van der Waals surface area contributed by atoms with Gasteiger partial charge in [0.15, 0.2) is 15.7 Å². The van der Waals surface area contributed by atoms with Crippen LogP contribution in [0.5, 0.6) is 0 Å². The zero-order chi connectivity index (χ0) is 22.0. The Kier molecular flexibility index (Phi) is 6.19. The maximum absolute atomic E-state index is 12.7. The van der Waals surface area contributed by atoms with Crippen LogP contribution in [0, 0.1) is 0 Å². The number of nitrogens with zero attached hydrogens (tertiary/aromatic N) is 4. The second kappa shape index (κ2) is 8.88.